The van der Waals surface area contributed by atoms with Gasteiger partial charge >= 0.3 is 0 Å². The molecule has 1 amide bonds. The fourth-order valence-corrected chi connectivity index (χ4v) is 3.69. The summed E-state index contributed by atoms with van der Waals surface area (Å²) in [7, 11) is 1.60. The van der Waals surface area contributed by atoms with Crippen molar-refractivity contribution in [3.8, 4) is 5.75 Å². The Morgan fingerprint density at radius 3 is 2.57 bits per heavy atom. The van der Waals surface area contributed by atoms with Crippen molar-refractivity contribution in [1.82, 2.24) is 4.90 Å². The van der Waals surface area contributed by atoms with Gasteiger partial charge in [0.25, 0.3) is 0 Å². The van der Waals surface area contributed by atoms with E-state index in [1.165, 1.54) is 17.8 Å². The number of benzene rings is 2. The predicted octanol–water partition coefficient (Wildman–Crippen LogP) is 3.75. The molecule has 0 spiro atoms. The van der Waals surface area contributed by atoms with Crippen molar-refractivity contribution in [1.29, 1.82) is 0 Å². The molecule has 0 N–H and O–H groups in total. The van der Waals surface area contributed by atoms with E-state index in [0.29, 0.717) is 11.3 Å². The zero-order valence-corrected chi connectivity index (χ0v) is 13.3. The number of nitrogens with zero attached hydrogens (tertiary/aromatic N) is 1. The van der Waals surface area contributed by atoms with Crippen molar-refractivity contribution >= 4 is 17.7 Å². The lowest BCUT2D eigenvalue weighted by Crippen LogP contribution is -2.27. The molecule has 1 atom stereocenters. The molecular formula is C17H15F2NO2S. The van der Waals surface area contributed by atoms with Crippen LogP contribution in [-0.4, -0.2) is 23.7 Å². The van der Waals surface area contributed by atoms with Gasteiger partial charge < -0.3 is 9.64 Å². The van der Waals surface area contributed by atoms with Crippen LogP contribution < -0.4 is 4.74 Å². The Balaban J connectivity index is 1.82. The first kappa shape index (κ1) is 15.8. The largest absolute Gasteiger partial charge is 0.497 e. The van der Waals surface area contributed by atoms with Crippen LogP contribution in [0.4, 0.5) is 8.78 Å². The molecule has 0 radical (unpaired) electrons. The van der Waals surface area contributed by atoms with Crippen molar-refractivity contribution in [2.24, 2.45) is 0 Å². The molecule has 0 aliphatic carbocycles. The van der Waals surface area contributed by atoms with Crippen LogP contribution in [0.25, 0.3) is 0 Å². The van der Waals surface area contributed by atoms with E-state index in [9.17, 15) is 13.6 Å². The zero-order chi connectivity index (χ0) is 16.4. The van der Waals surface area contributed by atoms with E-state index in [-0.39, 0.29) is 17.8 Å². The maximum Gasteiger partial charge on any atom is 0.234 e. The summed E-state index contributed by atoms with van der Waals surface area (Å²) in [6.07, 6.45) is 0. The third-order valence-corrected chi connectivity index (χ3v) is 4.96. The van der Waals surface area contributed by atoms with Crippen LogP contribution >= 0.6 is 11.8 Å². The second-order valence-electron chi connectivity index (χ2n) is 5.21. The molecule has 0 bridgehead atoms. The first-order valence-corrected chi connectivity index (χ1v) is 8.12. The van der Waals surface area contributed by atoms with E-state index >= 15 is 0 Å². The van der Waals surface area contributed by atoms with Gasteiger partial charge in [0.1, 0.15) is 11.1 Å². The number of rotatable bonds is 4. The number of amides is 1. The zero-order valence-electron chi connectivity index (χ0n) is 12.5. The predicted molar refractivity (Wildman–Crippen MR) is 85.1 cm³/mol. The Labute approximate surface area is 137 Å². The molecule has 6 heteroatoms. The van der Waals surface area contributed by atoms with Gasteiger partial charge in [-0.05, 0) is 35.4 Å². The summed E-state index contributed by atoms with van der Waals surface area (Å²) >= 11 is 1.52. The topological polar surface area (TPSA) is 29.5 Å². The molecule has 23 heavy (non-hydrogen) atoms. The summed E-state index contributed by atoms with van der Waals surface area (Å²) in [5.74, 6) is -0.679. The normalized spacial score (nSPS) is 17.6. The van der Waals surface area contributed by atoms with Gasteiger partial charge in [0.2, 0.25) is 5.91 Å². The number of halogens is 2. The quantitative estimate of drug-likeness (QED) is 0.852. The number of ether oxygens (including phenoxy) is 1. The lowest BCUT2D eigenvalue weighted by molar-refractivity contribution is -0.128. The molecule has 2 aromatic rings. The molecule has 3 rings (SSSR count). The van der Waals surface area contributed by atoms with Crippen LogP contribution in [0.15, 0.2) is 42.5 Å². The summed E-state index contributed by atoms with van der Waals surface area (Å²) in [6.45, 7) is 0.250. The maximum absolute atomic E-state index is 13.4. The van der Waals surface area contributed by atoms with Crippen LogP contribution in [0.1, 0.15) is 16.5 Å². The molecule has 2 aromatic carbocycles. The molecule has 1 aliphatic rings. The van der Waals surface area contributed by atoms with E-state index in [1.54, 1.807) is 12.0 Å². The summed E-state index contributed by atoms with van der Waals surface area (Å²) in [4.78, 5) is 13.8. The minimum atomic E-state index is -0.900. The van der Waals surface area contributed by atoms with Gasteiger partial charge in [-0.3, -0.25) is 4.79 Å². The van der Waals surface area contributed by atoms with Gasteiger partial charge in [0.15, 0.2) is 11.6 Å². The highest BCUT2D eigenvalue weighted by molar-refractivity contribution is 8.00. The number of thioether (sulfide) groups is 1. The summed E-state index contributed by atoms with van der Waals surface area (Å²) in [6, 6.07) is 11.2. The average Bonchev–Trinajstić information content (AvgIpc) is 2.92. The second kappa shape index (κ2) is 6.58. The molecule has 1 saturated heterocycles. The van der Waals surface area contributed by atoms with Gasteiger partial charge in [-0.15, -0.1) is 11.8 Å². The number of hydrogen-bond acceptors (Lipinski definition) is 3. The molecule has 1 heterocycles. The Morgan fingerprint density at radius 1 is 1.17 bits per heavy atom. The smallest absolute Gasteiger partial charge is 0.234 e. The molecule has 3 nitrogen and oxygen atoms in total. The molecule has 0 aromatic heterocycles. The molecule has 120 valence electrons. The Bertz CT molecular complexity index is 721. The molecule has 0 saturated carbocycles. The van der Waals surface area contributed by atoms with E-state index in [4.69, 9.17) is 4.74 Å². The molecular weight excluding hydrogens is 320 g/mol. The SMILES string of the molecule is COc1ccc(C2SCC(=O)N2Cc2ccc(F)c(F)c2)cc1. The Morgan fingerprint density at radius 2 is 1.91 bits per heavy atom. The number of methoxy groups -OCH3 is 1. The number of hydrogen-bond donors (Lipinski definition) is 0. The van der Waals surface area contributed by atoms with E-state index in [1.807, 2.05) is 24.3 Å². The highest BCUT2D eigenvalue weighted by Crippen LogP contribution is 2.40. The van der Waals surface area contributed by atoms with Gasteiger partial charge in [-0.25, -0.2) is 8.78 Å². The fourth-order valence-electron chi connectivity index (χ4n) is 2.50. The van der Waals surface area contributed by atoms with Crippen molar-refractivity contribution in [3.05, 3.63) is 65.2 Å². The Hall–Kier alpha value is -2.08. The third-order valence-electron chi connectivity index (χ3n) is 3.71. The fraction of sp³-hybridized carbons (Fsp3) is 0.235. The van der Waals surface area contributed by atoms with Crippen molar-refractivity contribution < 1.29 is 18.3 Å². The first-order valence-electron chi connectivity index (χ1n) is 7.07. The van der Waals surface area contributed by atoms with Crippen LogP contribution in [0.2, 0.25) is 0 Å². The van der Waals surface area contributed by atoms with Crippen molar-refractivity contribution in [3.63, 3.8) is 0 Å². The molecule has 1 unspecified atom stereocenters. The van der Waals surface area contributed by atoms with Gasteiger partial charge in [-0.1, -0.05) is 18.2 Å². The summed E-state index contributed by atoms with van der Waals surface area (Å²) in [5.41, 5.74) is 1.54. The summed E-state index contributed by atoms with van der Waals surface area (Å²) < 4.78 is 31.5. The second-order valence-corrected chi connectivity index (χ2v) is 6.28. The average molecular weight is 335 g/mol. The third kappa shape index (κ3) is 3.32. The lowest BCUT2D eigenvalue weighted by atomic mass is 10.1. The molecule has 1 fully saturated rings. The minimum Gasteiger partial charge on any atom is -0.497 e. The van der Waals surface area contributed by atoms with Gasteiger partial charge in [-0.2, -0.15) is 0 Å². The van der Waals surface area contributed by atoms with Crippen LogP contribution in [0.5, 0.6) is 5.75 Å². The first-order chi connectivity index (χ1) is 11.1. The van der Waals surface area contributed by atoms with Crippen LogP contribution in [-0.2, 0) is 11.3 Å². The highest BCUT2D eigenvalue weighted by Gasteiger charge is 2.32. The van der Waals surface area contributed by atoms with Crippen molar-refractivity contribution in [2.45, 2.75) is 11.9 Å². The number of carbonyl (C=O) groups is 1. The van der Waals surface area contributed by atoms with E-state index in [0.717, 1.165) is 23.4 Å². The van der Waals surface area contributed by atoms with Crippen molar-refractivity contribution in [2.75, 3.05) is 12.9 Å². The monoisotopic (exact) mass is 335 g/mol. The van der Waals surface area contributed by atoms with E-state index in [2.05, 4.69) is 0 Å². The standard InChI is InChI=1S/C17H15F2NO2S/c1-22-13-5-3-12(4-6-13)17-20(16(21)10-23-17)9-11-2-7-14(18)15(19)8-11/h2-8,17H,9-10H2,1H3. The Kier molecular flexibility index (Phi) is 4.52. The highest BCUT2D eigenvalue weighted by atomic mass is 32.2. The van der Waals surface area contributed by atoms with Crippen LogP contribution in [0.3, 0.4) is 0 Å². The summed E-state index contributed by atoms with van der Waals surface area (Å²) in [5, 5.41) is -0.137. The number of carbonyl (C=O) groups excluding carboxylic acids is 1. The van der Waals surface area contributed by atoms with Gasteiger partial charge in [0.05, 0.1) is 12.9 Å². The lowest BCUT2D eigenvalue weighted by Gasteiger charge is -2.24. The molecule has 1 aliphatic heterocycles. The maximum atomic E-state index is 13.4. The van der Waals surface area contributed by atoms with E-state index < -0.39 is 11.6 Å². The van der Waals surface area contributed by atoms with Crippen LogP contribution in [0, 0.1) is 11.6 Å². The minimum absolute atomic E-state index is 0.0134. The van der Waals surface area contributed by atoms with Gasteiger partial charge in [0, 0.05) is 6.54 Å².